The van der Waals surface area contributed by atoms with Gasteiger partial charge in [-0.2, -0.15) is 0 Å². The lowest BCUT2D eigenvalue weighted by Crippen LogP contribution is -2.13. The van der Waals surface area contributed by atoms with E-state index in [-0.39, 0.29) is 5.56 Å². The van der Waals surface area contributed by atoms with E-state index in [1.165, 1.54) is 18.2 Å². The van der Waals surface area contributed by atoms with Crippen molar-refractivity contribution < 1.29 is 13.6 Å². The van der Waals surface area contributed by atoms with Crippen molar-refractivity contribution >= 4 is 22.6 Å². The summed E-state index contributed by atoms with van der Waals surface area (Å²) in [5, 5.41) is 3.45. The van der Waals surface area contributed by atoms with Gasteiger partial charge in [0.1, 0.15) is 11.4 Å². The van der Waals surface area contributed by atoms with Gasteiger partial charge in [-0.1, -0.05) is 42.5 Å². The molecule has 132 valence electrons. The highest BCUT2D eigenvalue weighted by molar-refractivity contribution is 6.04. The van der Waals surface area contributed by atoms with Crippen molar-refractivity contribution in [2.45, 2.75) is 0 Å². The van der Waals surface area contributed by atoms with Gasteiger partial charge in [0, 0.05) is 11.1 Å². The molecule has 0 aliphatic carbocycles. The van der Waals surface area contributed by atoms with Gasteiger partial charge in [0.15, 0.2) is 0 Å². The van der Waals surface area contributed by atoms with Gasteiger partial charge in [0.25, 0.3) is 5.91 Å². The maximum atomic E-state index is 13.8. The molecule has 0 fully saturated rings. The molecule has 0 atom stereocenters. The number of carbonyl (C=O) groups is 1. The van der Waals surface area contributed by atoms with Gasteiger partial charge >= 0.3 is 5.63 Å². The fourth-order valence-electron chi connectivity index (χ4n) is 2.87. The highest BCUT2D eigenvalue weighted by Crippen LogP contribution is 2.24. The van der Waals surface area contributed by atoms with Crippen LogP contribution in [-0.4, -0.2) is 5.91 Å². The predicted octanol–water partition coefficient (Wildman–Crippen LogP) is 4.85. The molecule has 0 aliphatic heterocycles. The van der Waals surface area contributed by atoms with Gasteiger partial charge in [-0.15, -0.1) is 0 Å². The Kier molecular flexibility index (Phi) is 4.26. The second-order valence-electron chi connectivity index (χ2n) is 6.00. The molecule has 0 saturated carbocycles. The van der Waals surface area contributed by atoms with E-state index in [0.29, 0.717) is 22.4 Å². The van der Waals surface area contributed by atoms with Crippen molar-refractivity contribution in [3.63, 3.8) is 0 Å². The molecular formula is C22H14FNO3. The summed E-state index contributed by atoms with van der Waals surface area (Å²) >= 11 is 0. The predicted molar refractivity (Wildman–Crippen MR) is 102 cm³/mol. The summed E-state index contributed by atoms with van der Waals surface area (Å²) in [6.07, 6.45) is 0. The zero-order chi connectivity index (χ0) is 18.8. The number of hydrogen-bond donors (Lipinski definition) is 1. The molecule has 0 spiro atoms. The van der Waals surface area contributed by atoms with Crippen LogP contribution in [0.3, 0.4) is 0 Å². The lowest BCUT2D eigenvalue weighted by Gasteiger charge is -2.08. The summed E-state index contributed by atoms with van der Waals surface area (Å²) in [6.45, 7) is 0. The molecule has 1 aromatic heterocycles. The van der Waals surface area contributed by atoms with Gasteiger partial charge < -0.3 is 9.73 Å². The largest absolute Gasteiger partial charge is 0.422 e. The molecule has 0 saturated heterocycles. The zero-order valence-corrected chi connectivity index (χ0v) is 14.1. The first-order valence-electron chi connectivity index (χ1n) is 8.31. The molecule has 4 nitrogen and oxygen atoms in total. The number of rotatable bonds is 3. The molecule has 4 rings (SSSR count). The Labute approximate surface area is 153 Å². The van der Waals surface area contributed by atoms with Gasteiger partial charge in [-0.25, -0.2) is 9.18 Å². The van der Waals surface area contributed by atoms with Crippen LogP contribution in [0.4, 0.5) is 10.1 Å². The number of fused-ring (bicyclic) bond motifs is 1. The number of halogens is 1. The average Bonchev–Trinajstić information content (AvgIpc) is 2.68. The van der Waals surface area contributed by atoms with E-state index in [1.54, 1.807) is 48.5 Å². The minimum Gasteiger partial charge on any atom is -0.422 e. The van der Waals surface area contributed by atoms with Crippen molar-refractivity contribution in [2.24, 2.45) is 0 Å². The smallest absolute Gasteiger partial charge is 0.344 e. The van der Waals surface area contributed by atoms with E-state index in [4.69, 9.17) is 4.42 Å². The van der Waals surface area contributed by atoms with E-state index in [0.717, 1.165) is 5.39 Å². The SMILES string of the molecule is O=C(Nc1cccc(-c2cc3ccccc3oc2=O)c1)c1ccccc1F. The van der Waals surface area contributed by atoms with E-state index in [2.05, 4.69) is 5.32 Å². The zero-order valence-electron chi connectivity index (χ0n) is 14.1. The summed E-state index contributed by atoms with van der Waals surface area (Å²) in [5.74, 6) is -1.16. The fourth-order valence-corrected chi connectivity index (χ4v) is 2.87. The van der Waals surface area contributed by atoms with Gasteiger partial charge in [0.05, 0.1) is 11.1 Å². The van der Waals surface area contributed by atoms with Crippen LogP contribution in [0.2, 0.25) is 0 Å². The molecule has 0 aliphatic rings. The maximum Gasteiger partial charge on any atom is 0.344 e. The van der Waals surface area contributed by atoms with Crippen molar-refractivity contribution in [1.82, 2.24) is 0 Å². The fraction of sp³-hybridized carbons (Fsp3) is 0. The standard InChI is InChI=1S/C22H14FNO3/c23-19-10-3-2-9-17(19)21(25)24-16-8-5-7-14(12-16)18-13-15-6-1-4-11-20(15)27-22(18)26/h1-13H,(H,24,25). The number of carbonyl (C=O) groups excluding carboxylic acids is 1. The summed E-state index contributed by atoms with van der Waals surface area (Å²) in [7, 11) is 0. The Morgan fingerprint density at radius 3 is 2.52 bits per heavy atom. The average molecular weight is 359 g/mol. The highest BCUT2D eigenvalue weighted by Gasteiger charge is 2.12. The maximum absolute atomic E-state index is 13.8. The number of para-hydroxylation sites is 1. The van der Waals surface area contributed by atoms with Crippen LogP contribution < -0.4 is 10.9 Å². The number of amides is 1. The third-order valence-electron chi connectivity index (χ3n) is 4.19. The Bertz CT molecular complexity index is 1210. The number of nitrogens with one attached hydrogen (secondary N) is 1. The van der Waals surface area contributed by atoms with Crippen LogP contribution in [0.5, 0.6) is 0 Å². The van der Waals surface area contributed by atoms with Crippen molar-refractivity contribution in [3.05, 3.63) is 101 Å². The highest BCUT2D eigenvalue weighted by atomic mass is 19.1. The van der Waals surface area contributed by atoms with E-state index in [1.807, 2.05) is 12.1 Å². The van der Waals surface area contributed by atoms with Crippen molar-refractivity contribution in [1.29, 1.82) is 0 Å². The Morgan fingerprint density at radius 1 is 0.889 bits per heavy atom. The molecule has 1 heterocycles. The Morgan fingerprint density at radius 2 is 1.67 bits per heavy atom. The molecule has 1 N–H and O–H groups in total. The second-order valence-corrected chi connectivity index (χ2v) is 6.00. The summed E-state index contributed by atoms with van der Waals surface area (Å²) < 4.78 is 19.1. The topological polar surface area (TPSA) is 59.3 Å². The molecule has 5 heteroatoms. The van der Waals surface area contributed by atoms with E-state index in [9.17, 15) is 14.0 Å². The van der Waals surface area contributed by atoms with E-state index >= 15 is 0 Å². The van der Waals surface area contributed by atoms with Crippen LogP contribution in [0.25, 0.3) is 22.1 Å². The lowest BCUT2D eigenvalue weighted by molar-refractivity contribution is 0.102. The third-order valence-corrected chi connectivity index (χ3v) is 4.19. The van der Waals surface area contributed by atoms with Gasteiger partial charge in [-0.05, 0) is 42.0 Å². The molecule has 1 amide bonds. The summed E-state index contributed by atoms with van der Waals surface area (Å²) in [6, 6.07) is 21.5. The lowest BCUT2D eigenvalue weighted by atomic mass is 10.1. The van der Waals surface area contributed by atoms with E-state index < -0.39 is 17.3 Å². The quantitative estimate of drug-likeness (QED) is 0.532. The summed E-state index contributed by atoms with van der Waals surface area (Å²) in [5.41, 5.74) is 1.43. The van der Waals surface area contributed by atoms with Crippen molar-refractivity contribution in [2.75, 3.05) is 5.32 Å². The Balaban J connectivity index is 1.69. The monoisotopic (exact) mass is 359 g/mol. The molecule has 27 heavy (non-hydrogen) atoms. The number of anilines is 1. The van der Waals surface area contributed by atoms with Crippen LogP contribution in [0.15, 0.2) is 88.1 Å². The van der Waals surface area contributed by atoms with Gasteiger partial charge in [-0.3, -0.25) is 4.79 Å². The second kappa shape index (κ2) is 6.88. The minimum atomic E-state index is -0.596. The number of hydrogen-bond acceptors (Lipinski definition) is 3. The van der Waals surface area contributed by atoms with Crippen LogP contribution in [0, 0.1) is 5.82 Å². The van der Waals surface area contributed by atoms with Gasteiger partial charge in [0.2, 0.25) is 0 Å². The third kappa shape index (κ3) is 3.35. The van der Waals surface area contributed by atoms with Crippen LogP contribution in [-0.2, 0) is 0 Å². The summed E-state index contributed by atoms with van der Waals surface area (Å²) in [4.78, 5) is 24.6. The Hall–Kier alpha value is -3.73. The number of benzene rings is 3. The molecule has 4 aromatic rings. The first-order valence-corrected chi connectivity index (χ1v) is 8.31. The first-order chi connectivity index (χ1) is 13.1. The minimum absolute atomic E-state index is 0.0480. The molecule has 0 bridgehead atoms. The van der Waals surface area contributed by atoms with Crippen LogP contribution >= 0.6 is 0 Å². The normalized spacial score (nSPS) is 10.7. The molecular weight excluding hydrogens is 345 g/mol. The van der Waals surface area contributed by atoms with Crippen LogP contribution in [0.1, 0.15) is 10.4 Å². The molecule has 3 aromatic carbocycles. The molecule has 0 radical (unpaired) electrons. The molecule has 0 unspecified atom stereocenters. The first kappa shape index (κ1) is 16.7. The van der Waals surface area contributed by atoms with Crippen molar-refractivity contribution in [3.8, 4) is 11.1 Å².